The van der Waals surface area contributed by atoms with E-state index in [1.54, 1.807) is 6.07 Å². The molecule has 48 heavy (non-hydrogen) atoms. The summed E-state index contributed by atoms with van der Waals surface area (Å²) in [6.07, 6.45) is 0.559. The Kier molecular flexibility index (Phi) is 9.66. The maximum Gasteiger partial charge on any atom is 0.418 e. The van der Waals surface area contributed by atoms with Crippen LogP contribution in [0.1, 0.15) is 50.4 Å². The van der Waals surface area contributed by atoms with Crippen molar-refractivity contribution >= 4 is 56.2 Å². The number of carboxylic acids is 1. The first kappa shape index (κ1) is 35.0. The van der Waals surface area contributed by atoms with Crippen LogP contribution in [0.2, 0.25) is 0 Å². The summed E-state index contributed by atoms with van der Waals surface area (Å²) < 4.78 is 41.8. The van der Waals surface area contributed by atoms with Gasteiger partial charge in [-0.1, -0.05) is 5.16 Å². The SMILES string of the molecule is CNCC[C@H]1CNC(c2ccc3c(c2)CC[C@H]([C@](C)(O/N=C(\C(=O)N[C@@H]2C(=O)N(OS(=O)(=O)O)C2(C)C)c2csc(N)n2)C(=O)O)O3)=N1. The second-order valence-corrected chi connectivity index (χ2v) is 14.0. The Morgan fingerprint density at radius 3 is 2.73 bits per heavy atom. The molecule has 3 aliphatic heterocycles. The molecule has 1 fully saturated rings. The van der Waals surface area contributed by atoms with Gasteiger partial charge < -0.3 is 36.4 Å². The number of oxime groups is 1. The second-order valence-electron chi connectivity index (χ2n) is 12.1. The summed E-state index contributed by atoms with van der Waals surface area (Å²) in [6, 6.07) is 4.38. The molecule has 18 nitrogen and oxygen atoms in total. The molecule has 0 radical (unpaired) electrons. The van der Waals surface area contributed by atoms with Crippen molar-refractivity contribution in [2.24, 2.45) is 10.1 Å². The predicted octanol–water partition coefficient (Wildman–Crippen LogP) is -0.149. The summed E-state index contributed by atoms with van der Waals surface area (Å²) in [7, 11) is -3.13. The van der Waals surface area contributed by atoms with Crippen LogP contribution in [0, 0.1) is 0 Å². The van der Waals surface area contributed by atoms with E-state index in [2.05, 4.69) is 30.4 Å². The quantitative estimate of drug-likeness (QED) is 0.0685. The van der Waals surface area contributed by atoms with E-state index in [1.165, 1.54) is 26.2 Å². The van der Waals surface area contributed by atoms with Crippen LogP contribution in [-0.2, 0) is 40.3 Å². The molecule has 0 bridgehead atoms. The number of aliphatic carboxylic acids is 1. The number of rotatable bonds is 13. The first-order valence-electron chi connectivity index (χ1n) is 14.8. The van der Waals surface area contributed by atoms with Gasteiger partial charge in [0.25, 0.3) is 17.4 Å². The van der Waals surface area contributed by atoms with Crippen molar-refractivity contribution in [2.45, 2.75) is 69.4 Å². The van der Waals surface area contributed by atoms with Crippen LogP contribution in [0.25, 0.3) is 0 Å². The van der Waals surface area contributed by atoms with Crippen LogP contribution in [0.15, 0.2) is 33.7 Å². The molecule has 4 atom stereocenters. The molecule has 5 rings (SSSR count). The van der Waals surface area contributed by atoms with E-state index in [0.29, 0.717) is 17.2 Å². The lowest BCUT2D eigenvalue weighted by atomic mass is 9.84. The van der Waals surface area contributed by atoms with Crippen LogP contribution in [0.3, 0.4) is 0 Å². The number of aliphatic imine (C=N–C) groups is 1. The Morgan fingerprint density at radius 1 is 1.35 bits per heavy atom. The third-order valence-electron chi connectivity index (χ3n) is 8.29. The number of ether oxygens (including phenoxy) is 1. The number of amidine groups is 1. The van der Waals surface area contributed by atoms with Crippen LogP contribution in [0.4, 0.5) is 5.13 Å². The number of fused-ring (bicyclic) bond motifs is 1. The molecule has 2 aromatic rings. The average Bonchev–Trinajstić information content (AvgIpc) is 3.69. The number of nitrogens with two attached hydrogens (primary N) is 1. The van der Waals surface area contributed by atoms with Gasteiger partial charge in [-0.25, -0.2) is 9.78 Å². The molecule has 0 aliphatic carbocycles. The van der Waals surface area contributed by atoms with Crippen LogP contribution in [0.5, 0.6) is 5.75 Å². The van der Waals surface area contributed by atoms with Gasteiger partial charge in [0.1, 0.15) is 23.3 Å². The van der Waals surface area contributed by atoms with E-state index < -0.39 is 57.2 Å². The van der Waals surface area contributed by atoms with Crippen LogP contribution in [-0.4, -0.2) is 107 Å². The van der Waals surface area contributed by atoms with Gasteiger partial charge in [0.15, 0.2) is 16.9 Å². The number of thiazole rings is 1. The van der Waals surface area contributed by atoms with Gasteiger partial charge in [0.05, 0.1) is 11.6 Å². The molecule has 4 heterocycles. The fourth-order valence-electron chi connectivity index (χ4n) is 5.46. The van der Waals surface area contributed by atoms with Crippen molar-refractivity contribution in [3.63, 3.8) is 0 Å². The van der Waals surface area contributed by atoms with Gasteiger partial charge in [-0.05, 0) is 77.4 Å². The monoisotopic (exact) mass is 708 g/mol. The lowest BCUT2D eigenvalue weighted by Crippen LogP contribution is -2.76. The highest BCUT2D eigenvalue weighted by molar-refractivity contribution is 7.80. The number of hydrogen-bond acceptors (Lipinski definition) is 15. The molecular weight excluding hydrogens is 672 g/mol. The van der Waals surface area contributed by atoms with Gasteiger partial charge >= 0.3 is 16.4 Å². The van der Waals surface area contributed by atoms with Crippen molar-refractivity contribution < 1.29 is 46.3 Å². The van der Waals surface area contributed by atoms with E-state index in [4.69, 9.17) is 24.9 Å². The Morgan fingerprint density at radius 2 is 2.10 bits per heavy atom. The summed E-state index contributed by atoms with van der Waals surface area (Å²) >= 11 is 0.973. The van der Waals surface area contributed by atoms with Crippen molar-refractivity contribution in [3.8, 4) is 5.75 Å². The number of aromatic nitrogens is 1. The number of nitrogens with zero attached hydrogens (tertiary/aromatic N) is 4. The average molecular weight is 709 g/mol. The number of hydroxylamine groups is 2. The molecule has 1 aromatic carbocycles. The summed E-state index contributed by atoms with van der Waals surface area (Å²) in [5.41, 5.74) is 3.42. The lowest BCUT2D eigenvalue weighted by Gasteiger charge is -2.50. The maximum absolute atomic E-state index is 13.4. The number of benzene rings is 1. The number of amides is 2. The molecule has 7 N–H and O–H groups in total. The maximum atomic E-state index is 13.4. The topological polar surface area (TPSA) is 256 Å². The Hall–Kier alpha value is -4.37. The van der Waals surface area contributed by atoms with Gasteiger partial charge in [-0.3, -0.25) is 19.1 Å². The number of hydrogen-bond donors (Lipinski definition) is 6. The van der Waals surface area contributed by atoms with Crippen molar-refractivity contribution in [3.05, 3.63) is 40.4 Å². The summed E-state index contributed by atoms with van der Waals surface area (Å²) in [6.45, 7) is 5.61. The number of β-lactam (4-membered cyclic amide) rings is 1. The molecule has 2 amide bonds. The molecule has 0 spiro atoms. The number of carbonyl (C=O) groups excluding carboxylic acids is 2. The Balaban J connectivity index is 1.34. The number of nitrogen functional groups attached to an aromatic ring is 1. The van der Waals surface area contributed by atoms with Crippen LogP contribution >= 0.6 is 11.3 Å². The van der Waals surface area contributed by atoms with E-state index >= 15 is 0 Å². The number of nitrogens with one attached hydrogen (secondary N) is 3. The fraction of sp³-hybridized carbons (Fsp3) is 0.500. The molecule has 1 aromatic heterocycles. The summed E-state index contributed by atoms with van der Waals surface area (Å²) in [5, 5.41) is 24.9. The molecule has 0 saturated carbocycles. The first-order valence-corrected chi connectivity index (χ1v) is 17.1. The summed E-state index contributed by atoms with van der Waals surface area (Å²) in [4.78, 5) is 53.1. The molecule has 3 aliphatic rings. The Labute approximate surface area is 279 Å². The minimum Gasteiger partial charge on any atom is -0.485 e. The van der Waals surface area contributed by atoms with E-state index in [0.717, 1.165) is 47.8 Å². The normalized spacial score (nSPS) is 23.1. The fourth-order valence-corrected chi connectivity index (χ4v) is 6.46. The highest BCUT2D eigenvalue weighted by atomic mass is 32.3. The van der Waals surface area contributed by atoms with Crippen LogP contribution < -0.4 is 26.4 Å². The van der Waals surface area contributed by atoms with Gasteiger partial charge in [0, 0.05) is 17.5 Å². The predicted molar refractivity (Wildman–Crippen MR) is 172 cm³/mol. The first-order chi connectivity index (χ1) is 22.5. The van der Waals surface area contributed by atoms with Gasteiger partial charge in [0.2, 0.25) is 0 Å². The van der Waals surface area contributed by atoms with Crippen molar-refractivity contribution in [2.75, 3.05) is 25.9 Å². The number of aryl methyl sites for hydroxylation is 1. The van der Waals surface area contributed by atoms with Crippen molar-refractivity contribution in [1.29, 1.82) is 0 Å². The smallest absolute Gasteiger partial charge is 0.418 e. The minimum atomic E-state index is -5.02. The molecule has 1 saturated heterocycles. The second kappa shape index (κ2) is 13.3. The number of anilines is 1. The third-order valence-corrected chi connectivity index (χ3v) is 9.30. The zero-order valence-electron chi connectivity index (χ0n) is 26.4. The molecular formula is C28H36N8O10S2. The lowest BCUT2D eigenvalue weighted by molar-refractivity contribution is -0.218. The largest absolute Gasteiger partial charge is 0.485 e. The third kappa shape index (κ3) is 7.06. The zero-order chi connectivity index (χ0) is 35.0. The zero-order valence-corrected chi connectivity index (χ0v) is 28.1. The summed E-state index contributed by atoms with van der Waals surface area (Å²) in [5.74, 6) is -2.16. The molecule has 20 heteroatoms. The standard InChI is InChI=1S/C28H36N8O10S2/c1-27(2)21(24(38)36(27)46-48(41,42)43)34-23(37)20(17-13-47-26(29)33-17)35-45-28(3,25(39)40)19-8-6-14-11-15(5-7-18(14)44-19)22-31-12-16(32-22)9-10-30-4/h5,7,11,13,16,19,21,30H,6,8-10,12H2,1-4H3,(H2,29,33)(H,31,32)(H,34,37)(H,39,40)(H,41,42,43)/b35-20-/t16-,19+,21+,28-/m0/s1. The highest BCUT2D eigenvalue weighted by Crippen LogP contribution is 2.35. The van der Waals surface area contributed by atoms with E-state index in [-0.39, 0.29) is 23.3 Å². The Bertz CT molecular complexity index is 1780. The molecule has 260 valence electrons. The van der Waals surface area contributed by atoms with Crippen molar-refractivity contribution in [1.82, 2.24) is 26.0 Å². The minimum absolute atomic E-state index is 0.0677. The highest BCUT2D eigenvalue weighted by Gasteiger charge is 2.58. The van der Waals surface area contributed by atoms with E-state index in [1.807, 2.05) is 19.2 Å². The number of carbonyl (C=O) groups is 3. The van der Waals surface area contributed by atoms with E-state index in [9.17, 15) is 27.9 Å². The molecule has 0 unspecified atom stereocenters. The van der Waals surface area contributed by atoms with Gasteiger partial charge in [-0.2, -0.15) is 13.5 Å². The van der Waals surface area contributed by atoms with Gasteiger partial charge in [-0.15, -0.1) is 15.6 Å². The number of carboxylic acid groups (broad SMARTS) is 1.